The molecule has 7 heteroatoms. The summed E-state index contributed by atoms with van der Waals surface area (Å²) in [6.07, 6.45) is 18.9. The normalized spacial score (nSPS) is 11.8. The van der Waals surface area contributed by atoms with Crippen LogP contribution in [0.1, 0.15) is 109 Å². The van der Waals surface area contributed by atoms with E-state index < -0.39 is 4.33 Å². The Balaban J connectivity index is 1.99. The lowest BCUT2D eigenvalue weighted by molar-refractivity contribution is 0.525. The summed E-state index contributed by atoms with van der Waals surface area (Å²) in [7, 11) is 0. The summed E-state index contributed by atoms with van der Waals surface area (Å²) in [6.45, 7) is 2.27. The van der Waals surface area contributed by atoms with E-state index in [1.54, 1.807) is 0 Å². The van der Waals surface area contributed by atoms with Gasteiger partial charge in [0.25, 0.3) is 0 Å². The second-order valence-corrected chi connectivity index (χ2v) is 8.91. The molecule has 0 radical (unpaired) electrons. The van der Waals surface area contributed by atoms with Crippen LogP contribution >= 0.6 is 23.2 Å². The molecule has 0 spiro atoms. The first-order valence-corrected chi connectivity index (χ1v) is 11.4. The molecule has 0 atom stereocenters. The van der Waals surface area contributed by atoms with Crippen molar-refractivity contribution in [3.8, 4) is 0 Å². The van der Waals surface area contributed by atoms with E-state index in [2.05, 4.69) is 21.9 Å². The van der Waals surface area contributed by atoms with Crippen molar-refractivity contribution in [1.82, 2.24) is 15.0 Å². The average molecular weight is 418 g/mol. The number of hydrogen-bond donors (Lipinski definition) is 2. The van der Waals surface area contributed by atoms with Gasteiger partial charge in [-0.1, -0.05) is 114 Å². The maximum absolute atomic E-state index is 6.36. The van der Waals surface area contributed by atoms with Crippen LogP contribution in [0.2, 0.25) is 0 Å². The van der Waals surface area contributed by atoms with E-state index in [1.165, 1.54) is 77.0 Å². The van der Waals surface area contributed by atoms with Crippen molar-refractivity contribution in [1.29, 1.82) is 0 Å². The molecule has 0 aliphatic carbocycles. The fourth-order valence-corrected chi connectivity index (χ4v) is 3.66. The minimum atomic E-state index is -1.16. The smallest absolute Gasteiger partial charge is 0.225 e. The van der Waals surface area contributed by atoms with Gasteiger partial charge >= 0.3 is 0 Å². The van der Waals surface area contributed by atoms with E-state index in [-0.39, 0.29) is 17.7 Å². The van der Waals surface area contributed by atoms with Crippen LogP contribution in [0.5, 0.6) is 0 Å². The summed E-state index contributed by atoms with van der Waals surface area (Å²) in [5.74, 6) is 0.332. The predicted octanol–water partition coefficient (Wildman–Crippen LogP) is 6.54. The number of aromatic nitrogens is 3. The highest BCUT2D eigenvalue weighted by Gasteiger charge is 2.30. The number of alkyl halides is 2. The Kier molecular flexibility index (Phi) is 12.8. The topological polar surface area (TPSA) is 90.7 Å². The van der Waals surface area contributed by atoms with Gasteiger partial charge in [-0.2, -0.15) is 15.0 Å². The highest BCUT2D eigenvalue weighted by Crippen LogP contribution is 2.37. The van der Waals surface area contributed by atoms with Crippen LogP contribution in [0.15, 0.2) is 0 Å². The molecule has 0 aliphatic rings. The number of halogens is 2. The zero-order valence-electron chi connectivity index (χ0n) is 16.9. The van der Waals surface area contributed by atoms with E-state index in [0.29, 0.717) is 6.42 Å². The van der Waals surface area contributed by atoms with E-state index in [0.717, 1.165) is 12.8 Å². The number of nitrogens with two attached hydrogens (primary N) is 2. The number of anilines is 2. The fourth-order valence-electron chi connectivity index (χ4n) is 3.23. The molecule has 1 aromatic heterocycles. The summed E-state index contributed by atoms with van der Waals surface area (Å²) in [5.41, 5.74) is 11.2. The third-order valence-corrected chi connectivity index (χ3v) is 5.56. The number of hydrogen-bond acceptors (Lipinski definition) is 5. The SMILES string of the molecule is CCCCCCCCCCCCCCCCC(Cl)(Cl)c1nc(N)nc(N)n1. The van der Waals surface area contributed by atoms with Crippen molar-refractivity contribution in [2.24, 2.45) is 0 Å². The van der Waals surface area contributed by atoms with Gasteiger partial charge < -0.3 is 11.5 Å². The number of nitrogens with zero attached hydrogens (tertiary/aromatic N) is 3. The zero-order chi connectivity index (χ0) is 20.0. The third-order valence-electron chi connectivity index (χ3n) is 4.84. The highest BCUT2D eigenvalue weighted by molar-refractivity contribution is 6.47. The molecule has 27 heavy (non-hydrogen) atoms. The Morgan fingerprint density at radius 2 is 1.00 bits per heavy atom. The molecule has 1 aromatic rings. The quantitative estimate of drug-likeness (QED) is 0.235. The van der Waals surface area contributed by atoms with Crippen LogP contribution in [0.4, 0.5) is 11.9 Å². The van der Waals surface area contributed by atoms with Gasteiger partial charge in [0.2, 0.25) is 11.9 Å². The molecule has 0 saturated heterocycles. The van der Waals surface area contributed by atoms with Crippen LogP contribution in [0.3, 0.4) is 0 Å². The molecule has 0 unspecified atom stereocenters. The van der Waals surface area contributed by atoms with Crippen LogP contribution in [-0.4, -0.2) is 15.0 Å². The standard InChI is InChI=1S/C20H37Cl2N5/c1-2-3-4-5-6-7-8-9-10-11-12-13-14-15-16-20(21,22)17-25-18(23)27-19(24)26-17/h2-16H2,1H3,(H4,23,24,25,26,27). The van der Waals surface area contributed by atoms with Gasteiger partial charge in [-0.15, -0.1) is 0 Å². The highest BCUT2D eigenvalue weighted by atomic mass is 35.5. The van der Waals surface area contributed by atoms with Crippen molar-refractivity contribution in [3.05, 3.63) is 5.82 Å². The molecule has 5 nitrogen and oxygen atoms in total. The summed E-state index contributed by atoms with van der Waals surface area (Å²) in [5, 5.41) is 0. The Morgan fingerprint density at radius 3 is 1.41 bits per heavy atom. The van der Waals surface area contributed by atoms with Gasteiger partial charge in [0, 0.05) is 0 Å². The lowest BCUT2D eigenvalue weighted by Crippen LogP contribution is -2.18. The van der Waals surface area contributed by atoms with Gasteiger partial charge in [0.05, 0.1) is 0 Å². The van der Waals surface area contributed by atoms with E-state index >= 15 is 0 Å². The zero-order valence-corrected chi connectivity index (χ0v) is 18.4. The largest absolute Gasteiger partial charge is 0.368 e. The third kappa shape index (κ3) is 11.6. The van der Waals surface area contributed by atoms with Crippen LogP contribution in [0.25, 0.3) is 0 Å². The van der Waals surface area contributed by atoms with E-state index in [4.69, 9.17) is 34.7 Å². The van der Waals surface area contributed by atoms with Crippen molar-refractivity contribution in [2.75, 3.05) is 11.5 Å². The van der Waals surface area contributed by atoms with Crippen molar-refractivity contribution < 1.29 is 0 Å². The average Bonchev–Trinajstić information content (AvgIpc) is 2.61. The van der Waals surface area contributed by atoms with Gasteiger partial charge in [-0.3, -0.25) is 0 Å². The predicted molar refractivity (Wildman–Crippen MR) is 117 cm³/mol. The van der Waals surface area contributed by atoms with Crippen molar-refractivity contribution >= 4 is 35.1 Å². The first-order valence-electron chi connectivity index (χ1n) is 10.6. The minimum absolute atomic E-state index is 0.0455. The molecule has 156 valence electrons. The molecule has 0 fully saturated rings. The molecular formula is C20H37Cl2N5. The first-order chi connectivity index (χ1) is 13.0. The van der Waals surface area contributed by atoms with E-state index in [1.807, 2.05) is 0 Å². The molecule has 1 rings (SSSR count). The molecule has 1 heterocycles. The minimum Gasteiger partial charge on any atom is -0.368 e. The van der Waals surface area contributed by atoms with Gasteiger partial charge in [0.1, 0.15) is 0 Å². The van der Waals surface area contributed by atoms with Gasteiger partial charge in [-0.05, 0) is 12.8 Å². The second kappa shape index (κ2) is 14.2. The molecule has 0 saturated carbocycles. The Morgan fingerprint density at radius 1 is 0.630 bits per heavy atom. The van der Waals surface area contributed by atoms with Gasteiger partial charge in [0.15, 0.2) is 10.2 Å². The van der Waals surface area contributed by atoms with Crippen LogP contribution < -0.4 is 11.5 Å². The van der Waals surface area contributed by atoms with Crippen molar-refractivity contribution in [2.45, 2.75) is 108 Å². The molecule has 4 N–H and O–H groups in total. The molecule has 0 aliphatic heterocycles. The number of rotatable bonds is 16. The monoisotopic (exact) mass is 417 g/mol. The molecule has 0 aromatic carbocycles. The Bertz CT molecular complexity index is 491. The van der Waals surface area contributed by atoms with Crippen LogP contribution in [-0.2, 0) is 4.33 Å². The number of nitrogen functional groups attached to an aromatic ring is 2. The summed E-state index contributed by atoms with van der Waals surface area (Å²) >= 11 is 12.7. The Labute approximate surface area is 175 Å². The maximum atomic E-state index is 6.36. The lowest BCUT2D eigenvalue weighted by atomic mass is 10.0. The molecular weight excluding hydrogens is 381 g/mol. The van der Waals surface area contributed by atoms with Gasteiger partial charge in [-0.25, -0.2) is 0 Å². The molecule has 0 amide bonds. The van der Waals surface area contributed by atoms with Crippen LogP contribution in [0, 0.1) is 0 Å². The summed E-state index contributed by atoms with van der Waals surface area (Å²) in [4.78, 5) is 11.7. The Hall–Kier alpha value is -0.810. The van der Waals surface area contributed by atoms with E-state index in [9.17, 15) is 0 Å². The first kappa shape index (κ1) is 24.2. The molecule has 0 bridgehead atoms. The summed E-state index contributed by atoms with van der Waals surface area (Å²) < 4.78 is -1.16. The summed E-state index contributed by atoms with van der Waals surface area (Å²) in [6, 6.07) is 0. The number of unbranched alkanes of at least 4 members (excludes halogenated alkanes) is 13. The van der Waals surface area contributed by atoms with Crippen molar-refractivity contribution in [3.63, 3.8) is 0 Å². The fraction of sp³-hybridized carbons (Fsp3) is 0.850. The maximum Gasteiger partial charge on any atom is 0.225 e. The second-order valence-electron chi connectivity index (χ2n) is 7.43. The lowest BCUT2D eigenvalue weighted by Gasteiger charge is -2.18.